The van der Waals surface area contributed by atoms with E-state index in [1.54, 1.807) is 0 Å². The standard InChI is InChI=1S/C13H16F2N2O2S/c14-9-3-6-12(15)11(8-9)13-2-1-7-17(13)20(18,19)16-10-4-5-10/h3,6,8,10,13,16H,1-2,4-5,7H2. The Morgan fingerprint density at radius 2 is 1.95 bits per heavy atom. The third kappa shape index (κ3) is 2.70. The molecule has 20 heavy (non-hydrogen) atoms. The lowest BCUT2D eigenvalue weighted by molar-refractivity contribution is 0.377. The molecule has 1 N–H and O–H groups in total. The summed E-state index contributed by atoms with van der Waals surface area (Å²) in [6.45, 7) is 0.336. The van der Waals surface area contributed by atoms with Crippen molar-refractivity contribution < 1.29 is 17.2 Å². The van der Waals surface area contributed by atoms with Crippen LogP contribution in [0.25, 0.3) is 0 Å². The topological polar surface area (TPSA) is 49.4 Å². The van der Waals surface area contributed by atoms with Crippen molar-refractivity contribution in [1.29, 1.82) is 0 Å². The Morgan fingerprint density at radius 3 is 2.65 bits per heavy atom. The fraction of sp³-hybridized carbons (Fsp3) is 0.538. The third-order valence-corrected chi connectivity index (χ3v) is 5.41. The maximum atomic E-state index is 13.8. The van der Waals surface area contributed by atoms with Crippen molar-refractivity contribution in [3.8, 4) is 0 Å². The highest BCUT2D eigenvalue weighted by atomic mass is 32.2. The first kappa shape index (κ1) is 13.9. The first-order chi connectivity index (χ1) is 9.47. The molecule has 0 bridgehead atoms. The molecule has 0 spiro atoms. The van der Waals surface area contributed by atoms with Gasteiger partial charge >= 0.3 is 0 Å². The molecule has 1 saturated carbocycles. The van der Waals surface area contributed by atoms with Crippen LogP contribution in [0.3, 0.4) is 0 Å². The average Bonchev–Trinajstić information content (AvgIpc) is 3.04. The van der Waals surface area contributed by atoms with Gasteiger partial charge in [-0.2, -0.15) is 17.4 Å². The second kappa shape index (κ2) is 5.05. The Labute approximate surface area is 117 Å². The molecule has 1 heterocycles. The van der Waals surface area contributed by atoms with Gasteiger partial charge in [0.25, 0.3) is 10.2 Å². The summed E-state index contributed by atoms with van der Waals surface area (Å²) in [5.41, 5.74) is 0.115. The summed E-state index contributed by atoms with van der Waals surface area (Å²) in [6, 6.07) is 2.54. The molecule has 1 atom stereocenters. The van der Waals surface area contributed by atoms with Crippen molar-refractivity contribution >= 4 is 10.2 Å². The zero-order chi connectivity index (χ0) is 14.3. The van der Waals surface area contributed by atoms with E-state index < -0.39 is 27.9 Å². The van der Waals surface area contributed by atoms with Crippen LogP contribution in [-0.4, -0.2) is 25.3 Å². The Kier molecular flexibility index (Phi) is 3.51. The molecule has 0 radical (unpaired) electrons. The quantitative estimate of drug-likeness (QED) is 0.926. The monoisotopic (exact) mass is 302 g/mol. The van der Waals surface area contributed by atoms with Crippen LogP contribution in [0.1, 0.15) is 37.3 Å². The molecule has 7 heteroatoms. The lowest BCUT2D eigenvalue weighted by atomic mass is 10.0. The third-order valence-electron chi connectivity index (χ3n) is 3.72. The lowest BCUT2D eigenvalue weighted by Crippen LogP contribution is -2.41. The second-order valence-corrected chi connectivity index (χ2v) is 6.99. The molecule has 3 rings (SSSR count). The zero-order valence-corrected chi connectivity index (χ0v) is 11.7. The maximum Gasteiger partial charge on any atom is 0.280 e. The van der Waals surface area contributed by atoms with Crippen LogP contribution < -0.4 is 4.72 Å². The normalized spacial score (nSPS) is 24.2. The van der Waals surface area contributed by atoms with Crippen molar-refractivity contribution in [3.63, 3.8) is 0 Å². The molecule has 2 aliphatic rings. The van der Waals surface area contributed by atoms with Gasteiger partial charge in [0, 0.05) is 18.2 Å². The largest absolute Gasteiger partial charge is 0.280 e. The summed E-state index contributed by atoms with van der Waals surface area (Å²) in [4.78, 5) is 0. The van der Waals surface area contributed by atoms with E-state index in [1.807, 2.05) is 0 Å². The van der Waals surface area contributed by atoms with Crippen molar-refractivity contribution in [2.45, 2.75) is 37.8 Å². The zero-order valence-electron chi connectivity index (χ0n) is 10.9. The average molecular weight is 302 g/mol. The van der Waals surface area contributed by atoms with Gasteiger partial charge in [-0.15, -0.1) is 0 Å². The fourth-order valence-electron chi connectivity index (χ4n) is 2.59. The van der Waals surface area contributed by atoms with E-state index in [0.717, 1.165) is 31.0 Å². The summed E-state index contributed by atoms with van der Waals surface area (Å²) < 4.78 is 55.5. The van der Waals surface area contributed by atoms with Crippen LogP contribution in [0, 0.1) is 11.6 Å². The van der Waals surface area contributed by atoms with Crippen LogP contribution in [0.2, 0.25) is 0 Å². The summed E-state index contributed by atoms with van der Waals surface area (Å²) in [7, 11) is -3.63. The van der Waals surface area contributed by atoms with E-state index in [-0.39, 0.29) is 11.6 Å². The number of benzene rings is 1. The minimum absolute atomic E-state index is 0.00129. The minimum Gasteiger partial charge on any atom is -0.207 e. The van der Waals surface area contributed by atoms with E-state index in [0.29, 0.717) is 19.4 Å². The number of hydrogen-bond acceptors (Lipinski definition) is 2. The van der Waals surface area contributed by atoms with E-state index in [4.69, 9.17) is 0 Å². The molecule has 1 aromatic rings. The van der Waals surface area contributed by atoms with Gasteiger partial charge in [0.2, 0.25) is 0 Å². The minimum atomic E-state index is -3.63. The lowest BCUT2D eigenvalue weighted by Gasteiger charge is -2.24. The van der Waals surface area contributed by atoms with Crippen LogP contribution in [0.5, 0.6) is 0 Å². The summed E-state index contributed by atoms with van der Waals surface area (Å²) in [5.74, 6) is -1.12. The molecule has 4 nitrogen and oxygen atoms in total. The van der Waals surface area contributed by atoms with Gasteiger partial charge in [-0.3, -0.25) is 0 Å². The number of rotatable bonds is 4. The van der Waals surface area contributed by atoms with Gasteiger partial charge in [0.05, 0.1) is 6.04 Å². The molecule has 1 aliphatic heterocycles. The van der Waals surface area contributed by atoms with Gasteiger partial charge < -0.3 is 0 Å². The molecule has 110 valence electrons. The van der Waals surface area contributed by atoms with Crippen LogP contribution >= 0.6 is 0 Å². The number of hydrogen-bond donors (Lipinski definition) is 1. The fourth-order valence-corrected chi connectivity index (χ4v) is 4.30. The van der Waals surface area contributed by atoms with Gasteiger partial charge in [0.1, 0.15) is 11.6 Å². The van der Waals surface area contributed by atoms with E-state index in [2.05, 4.69) is 4.72 Å². The number of nitrogens with zero attached hydrogens (tertiary/aromatic N) is 1. The summed E-state index contributed by atoms with van der Waals surface area (Å²) >= 11 is 0. The smallest absolute Gasteiger partial charge is 0.207 e. The van der Waals surface area contributed by atoms with Gasteiger partial charge in [0.15, 0.2) is 0 Å². The predicted octanol–water partition coefficient (Wildman–Crippen LogP) is 2.10. The molecule has 0 aromatic heterocycles. The van der Waals surface area contributed by atoms with Crippen molar-refractivity contribution in [2.75, 3.05) is 6.54 Å². The highest BCUT2D eigenvalue weighted by molar-refractivity contribution is 7.87. The van der Waals surface area contributed by atoms with Crippen molar-refractivity contribution in [2.24, 2.45) is 0 Å². The summed E-state index contributed by atoms with van der Waals surface area (Å²) in [5, 5.41) is 0. The Bertz CT molecular complexity index is 617. The van der Waals surface area contributed by atoms with E-state index in [1.165, 1.54) is 4.31 Å². The van der Waals surface area contributed by atoms with Gasteiger partial charge in [-0.05, 0) is 43.9 Å². The van der Waals surface area contributed by atoms with E-state index in [9.17, 15) is 17.2 Å². The molecule has 1 aliphatic carbocycles. The number of nitrogens with one attached hydrogen (secondary N) is 1. The predicted molar refractivity (Wildman–Crippen MR) is 70.1 cm³/mol. The number of halogens is 2. The highest BCUT2D eigenvalue weighted by Gasteiger charge is 2.39. The first-order valence-corrected chi connectivity index (χ1v) is 8.15. The van der Waals surface area contributed by atoms with Crippen LogP contribution in [-0.2, 0) is 10.2 Å². The molecule has 1 aromatic carbocycles. The van der Waals surface area contributed by atoms with Crippen molar-refractivity contribution in [3.05, 3.63) is 35.4 Å². The first-order valence-electron chi connectivity index (χ1n) is 6.71. The molecule has 2 fully saturated rings. The molecular weight excluding hydrogens is 286 g/mol. The molecule has 1 saturated heterocycles. The Morgan fingerprint density at radius 1 is 1.20 bits per heavy atom. The van der Waals surface area contributed by atoms with E-state index >= 15 is 0 Å². The Balaban J connectivity index is 1.90. The molecule has 0 amide bonds. The van der Waals surface area contributed by atoms with Gasteiger partial charge in [-0.1, -0.05) is 0 Å². The Hall–Kier alpha value is -1.05. The van der Waals surface area contributed by atoms with Crippen molar-refractivity contribution in [1.82, 2.24) is 9.03 Å². The SMILES string of the molecule is O=S(=O)(NC1CC1)N1CCCC1c1cc(F)ccc1F. The molecule has 1 unspecified atom stereocenters. The second-order valence-electron chi connectivity index (χ2n) is 5.33. The maximum absolute atomic E-state index is 13.8. The highest BCUT2D eigenvalue weighted by Crippen LogP contribution is 2.36. The van der Waals surface area contributed by atoms with Gasteiger partial charge in [-0.25, -0.2) is 8.78 Å². The van der Waals surface area contributed by atoms with Crippen LogP contribution in [0.15, 0.2) is 18.2 Å². The van der Waals surface area contributed by atoms with Crippen LogP contribution in [0.4, 0.5) is 8.78 Å². The molecular formula is C13H16F2N2O2S. The summed E-state index contributed by atoms with van der Waals surface area (Å²) in [6.07, 6.45) is 2.83.